The number of benzene rings is 2. The Bertz CT molecular complexity index is 1000. The monoisotopic (exact) mass is 472 g/mol. The molecule has 3 aromatic rings. The maximum Gasteiger partial charge on any atom is 0.235 e. The number of nitrogens with zero attached hydrogens (tertiary/aromatic N) is 1. The van der Waals surface area contributed by atoms with Crippen LogP contribution < -0.4 is 5.32 Å². The zero-order valence-corrected chi connectivity index (χ0v) is 18.1. The highest BCUT2D eigenvalue weighted by Crippen LogP contribution is 2.27. The average Bonchev–Trinajstić information content (AvgIpc) is 2.72. The van der Waals surface area contributed by atoms with Crippen LogP contribution in [-0.4, -0.2) is 31.6 Å². The zero-order chi connectivity index (χ0) is 20.7. The smallest absolute Gasteiger partial charge is 0.235 e. The number of aromatic nitrogens is 1. The van der Waals surface area contributed by atoms with Gasteiger partial charge >= 0.3 is 0 Å². The third-order valence-electron chi connectivity index (χ3n) is 4.50. The third kappa shape index (κ3) is 5.98. The maximum atomic E-state index is 12.4. The van der Waals surface area contributed by atoms with E-state index in [4.69, 9.17) is 0 Å². The molecule has 0 aliphatic carbocycles. The zero-order valence-electron chi connectivity index (χ0n) is 15.7. The largest absolute Gasteiger partial charge is 0.355 e. The van der Waals surface area contributed by atoms with Crippen molar-refractivity contribution in [1.82, 2.24) is 10.3 Å². The van der Waals surface area contributed by atoms with Gasteiger partial charge < -0.3 is 5.32 Å². The minimum atomic E-state index is -3.78. The van der Waals surface area contributed by atoms with Crippen LogP contribution in [0.25, 0.3) is 0 Å². The summed E-state index contributed by atoms with van der Waals surface area (Å²) < 4.78 is 25.4. The van der Waals surface area contributed by atoms with Gasteiger partial charge in [-0.05, 0) is 45.6 Å². The molecule has 29 heavy (non-hydrogen) atoms. The van der Waals surface area contributed by atoms with Gasteiger partial charge in [0.2, 0.25) is 15.7 Å². The average molecular weight is 473 g/mol. The van der Waals surface area contributed by atoms with Crippen molar-refractivity contribution < 1.29 is 13.2 Å². The molecule has 0 aliphatic heterocycles. The standard InChI is InChI=1S/C22H21BrN2O3S/c23-19-11-12-22(25-15-19)29(27,28)16-21(26)24-14-13-20(17-7-3-1-4-8-17)18-9-5-2-6-10-18/h1-12,15,20H,13-14,16H2,(H,24,26). The van der Waals surface area contributed by atoms with Crippen molar-refractivity contribution in [3.8, 4) is 0 Å². The van der Waals surface area contributed by atoms with E-state index in [1.807, 2.05) is 36.4 Å². The predicted molar refractivity (Wildman–Crippen MR) is 116 cm³/mol. The second-order valence-corrected chi connectivity index (χ2v) is 9.44. The first kappa shape index (κ1) is 21.2. The van der Waals surface area contributed by atoms with E-state index in [-0.39, 0.29) is 10.9 Å². The molecule has 2 aromatic carbocycles. The first-order valence-corrected chi connectivity index (χ1v) is 11.6. The summed E-state index contributed by atoms with van der Waals surface area (Å²) in [5, 5.41) is 2.63. The number of sulfone groups is 1. The molecule has 0 unspecified atom stereocenters. The van der Waals surface area contributed by atoms with Crippen LogP contribution >= 0.6 is 15.9 Å². The topological polar surface area (TPSA) is 76.1 Å². The Morgan fingerprint density at radius 3 is 2.03 bits per heavy atom. The van der Waals surface area contributed by atoms with Crippen molar-refractivity contribution in [2.24, 2.45) is 0 Å². The molecular weight excluding hydrogens is 452 g/mol. The van der Waals surface area contributed by atoms with Crippen LogP contribution in [0.15, 0.2) is 88.5 Å². The molecule has 3 rings (SSSR count). The van der Waals surface area contributed by atoms with Crippen molar-refractivity contribution in [2.45, 2.75) is 17.4 Å². The Labute approximate surface area is 179 Å². The SMILES string of the molecule is O=C(CS(=O)(=O)c1ccc(Br)cn1)NCCC(c1ccccc1)c1ccccc1. The fraction of sp³-hybridized carbons (Fsp3) is 0.182. The second kappa shape index (κ2) is 9.80. The highest BCUT2D eigenvalue weighted by atomic mass is 79.9. The van der Waals surface area contributed by atoms with Gasteiger partial charge in [0.15, 0.2) is 5.03 Å². The molecule has 1 amide bonds. The van der Waals surface area contributed by atoms with Crippen LogP contribution in [0, 0.1) is 0 Å². The molecular formula is C22H21BrN2O3S. The molecule has 0 saturated heterocycles. The molecule has 0 bridgehead atoms. The van der Waals surface area contributed by atoms with Gasteiger partial charge in [0.25, 0.3) is 0 Å². The molecule has 1 heterocycles. The molecule has 0 spiro atoms. The molecule has 5 nitrogen and oxygen atoms in total. The minimum Gasteiger partial charge on any atom is -0.355 e. The number of pyridine rings is 1. The summed E-state index contributed by atoms with van der Waals surface area (Å²) in [6.07, 6.45) is 2.06. The van der Waals surface area contributed by atoms with E-state index in [9.17, 15) is 13.2 Å². The van der Waals surface area contributed by atoms with Gasteiger partial charge in [-0.2, -0.15) is 0 Å². The fourth-order valence-corrected chi connectivity index (χ4v) is 4.41. The lowest BCUT2D eigenvalue weighted by Gasteiger charge is -2.18. The summed E-state index contributed by atoms with van der Waals surface area (Å²) in [5.74, 6) is -1.04. The lowest BCUT2D eigenvalue weighted by Crippen LogP contribution is -2.32. The Morgan fingerprint density at radius 1 is 0.931 bits per heavy atom. The highest BCUT2D eigenvalue weighted by Gasteiger charge is 2.21. The summed E-state index contributed by atoms with van der Waals surface area (Å²) in [5.41, 5.74) is 2.30. The second-order valence-electron chi connectivity index (χ2n) is 6.59. The van der Waals surface area contributed by atoms with Crippen LogP contribution in [0.2, 0.25) is 0 Å². The normalized spacial score (nSPS) is 11.4. The molecule has 0 radical (unpaired) electrons. The number of hydrogen-bond acceptors (Lipinski definition) is 4. The van der Waals surface area contributed by atoms with E-state index in [2.05, 4.69) is 50.5 Å². The highest BCUT2D eigenvalue weighted by molar-refractivity contribution is 9.10. The Hall–Kier alpha value is -2.51. The summed E-state index contributed by atoms with van der Waals surface area (Å²) in [4.78, 5) is 16.1. The number of rotatable bonds is 8. The van der Waals surface area contributed by atoms with Gasteiger partial charge in [-0.15, -0.1) is 0 Å². The number of halogens is 1. The molecule has 0 atom stereocenters. The van der Waals surface area contributed by atoms with Crippen molar-refractivity contribution >= 4 is 31.7 Å². The first-order chi connectivity index (χ1) is 14.0. The Kier molecular flexibility index (Phi) is 7.17. The van der Waals surface area contributed by atoms with Crippen LogP contribution in [0.5, 0.6) is 0 Å². The van der Waals surface area contributed by atoms with Crippen molar-refractivity contribution in [3.05, 3.63) is 94.6 Å². The van der Waals surface area contributed by atoms with Crippen molar-refractivity contribution in [1.29, 1.82) is 0 Å². The van der Waals surface area contributed by atoms with E-state index in [0.717, 1.165) is 11.1 Å². The summed E-state index contributed by atoms with van der Waals surface area (Å²) in [7, 11) is -3.78. The summed E-state index contributed by atoms with van der Waals surface area (Å²) in [6.45, 7) is 0.372. The molecule has 0 saturated carbocycles. The number of amides is 1. The minimum absolute atomic E-state index is 0.109. The van der Waals surface area contributed by atoms with Gasteiger partial charge in [0.1, 0.15) is 5.75 Å². The number of carbonyl (C=O) groups is 1. The number of hydrogen-bond donors (Lipinski definition) is 1. The Balaban J connectivity index is 1.62. The van der Waals surface area contributed by atoms with E-state index < -0.39 is 21.5 Å². The molecule has 150 valence electrons. The van der Waals surface area contributed by atoms with E-state index >= 15 is 0 Å². The van der Waals surface area contributed by atoms with Crippen molar-refractivity contribution in [3.63, 3.8) is 0 Å². The van der Waals surface area contributed by atoms with Gasteiger partial charge in [-0.1, -0.05) is 60.7 Å². The molecule has 0 fully saturated rings. The number of nitrogens with one attached hydrogen (secondary N) is 1. The molecule has 1 N–H and O–H groups in total. The van der Waals surface area contributed by atoms with E-state index in [0.29, 0.717) is 17.4 Å². The quantitative estimate of drug-likeness (QED) is 0.538. The van der Waals surface area contributed by atoms with Gasteiger partial charge in [0, 0.05) is 23.1 Å². The third-order valence-corrected chi connectivity index (χ3v) is 6.49. The van der Waals surface area contributed by atoms with Gasteiger partial charge in [0.05, 0.1) is 0 Å². The summed E-state index contributed by atoms with van der Waals surface area (Å²) in [6, 6.07) is 23.1. The maximum absolute atomic E-state index is 12.4. The lowest BCUT2D eigenvalue weighted by atomic mass is 9.88. The summed E-state index contributed by atoms with van der Waals surface area (Å²) >= 11 is 3.21. The lowest BCUT2D eigenvalue weighted by molar-refractivity contribution is -0.118. The van der Waals surface area contributed by atoms with Crippen LogP contribution in [-0.2, 0) is 14.6 Å². The van der Waals surface area contributed by atoms with Crippen LogP contribution in [0.4, 0.5) is 0 Å². The van der Waals surface area contributed by atoms with Crippen molar-refractivity contribution in [2.75, 3.05) is 12.3 Å². The Morgan fingerprint density at radius 2 is 1.52 bits per heavy atom. The first-order valence-electron chi connectivity index (χ1n) is 9.16. The molecule has 7 heteroatoms. The fourth-order valence-electron chi connectivity index (χ4n) is 3.10. The molecule has 1 aromatic heterocycles. The van der Waals surface area contributed by atoms with Gasteiger partial charge in [-0.25, -0.2) is 13.4 Å². The van der Waals surface area contributed by atoms with Crippen LogP contribution in [0.3, 0.4) is 0 Å². The van der Waals surface area contributed by atoms with Gasteiger partial charge in [-0.3, -0.25) is 4.79 Å². The van der Waals surface area contributed by atoms with E-state index in [1.54, 1.807) is 6.07 Å². The predicted octanol–water partition coefficient (Wildman–Crippen LogP) is 3.96. The number of carbonyl (C=O) groups excluding carboxylic acids is 1. The van der Waals surface area contributed by atoms with E-state index in [1.165, 1.54) is 12.3 Å². The van der Waals surface area contributed by atoms with Crippen LogP contribution in [0.1, 0.15) is 23.5 Å². The molecule has 0 aliphatic rings.